The third-order valence-electron chi connectivity index (χ3n) is 15.9. The minimum absolute atomic E-state index is 0.0229. The lowest BCUT2D eigenvalue weighted by Gasteiger charge is -2.30. The number of carbonyl (C=O) groups excluding carboxylic acids is 2. The van der Waals surface area contributed by atoms with Gasteiger partial charge in [-0.25, -0.2) is 0 Å². The highest BCUT2D eigenvalue weighted by atomic mass is 31.2. The number of nitrogens with zero attached hydrogens (tertiary/aromatic N) is 1. The van der Waals surface area contributed by atoms with Gasteiger partial charge in [0.25, 0.3) is 7.82 Å². The third kappa shape index (κ3) is 63.9. The molecule has 0 rings (SSSR count). The van der Waals surface area contributed by atoms with E-state index in [0.29, 0.717) is 17.4 Å². The number of hydrogen-bond donors (Lipinski definition) is 1. The van der Waals surface area contributed by atoms with Gasteiger partial charge in [-0.2, -0.15) is 0 Å². The SMILES string of the molecule is CC/C=C\C/C=C\C/C=C\C/C=C\C/C=C\CCCCCCCCCCCCCC(=O)NC(COP(=O)([O-])OCC[N+](C)(C)C)C(/C=C\CCCCCCCCCCCC)OC(=O)CCCCCCCCCCCCCCCCCCCCC. The smallest absolute Gasteiger partial charge is 0.306 e. The van der Waals surface area contributed by atoms with E-state index in [0.717, 1.165) is 96.3 Å². The summed E-state index contributed by atoms with van der Waals surface area (Å²) >= 11 is 0. The van der Waals surface area contributed by atoms with Crippen LogP contribution in [0.4, 0.5) is 0 Å². The molecule has 0 saturated heterocycles. The van der Waals surface area contributed by atoms with Crippen molar-refractivity contribution in [3.8, 4) is 0 Å². The topological polar surface area (TPSA) is 114 Å². The van der Waals surface area contributed by atoms with Crippen molar-refractivity contribution in [1.82, 2.24) is 5.32 Å². The Hall–Kier alpha value is -2.55. The first-order chi connectivity index (χ1) is 40.9. The molecule has 84 heavy (non-hydrogen) atoms. The summed E-state index contributed by atoms with van der Waals surface area (Å²) in [4.78, 5) is 40.2. The highest BCUT2D eigenvalue weighted by molar-refractivity contribution is 7.45. The van der Waals surface area contributed by atoms with Gasteiger partial charge in [0.1, 0.15) is 19.3 Å². The summed E-state index contributed by atoms with van der Waals surface area (Å²) in [6, 6.07) is -0.891. The van der Waals surface area contributed by atoms with Crippen molar-refractivity contribution in [3.63, 3.8) is 0 Å². The Morgan fingerprint density at radius 3 is 1.14 bits per heavy atom. The van der Waals surface area contributed by atoms with Gasteiger partial charge in [0.05, 0.1) is 33.8 Å². The number of quaternary nitrogens is 1. The van der Waals surface area contributed by atoms with Gasteiger partial charge in [0, 0.05) is 12.8 Å². The van der Waals surface area contributed by atoms with Gasteiger partial charge in [-0.3, -0.25) is 14.2 Å². The number of esters is 1. The highest BCUT2D eigenvalue weighted by Gasteiger charge is 2.27. The van der Waals surface area contributed by atoms with Crippen LogP contribution in [0.2, 0.25) is 0 Å². The van der Waals surface area contributed by atoms with Crippen molar-refractivity contribution in [2.75, 3.05) is 40.9 Å². The first-order valence-corrected chi connectivity index (χ1v) is 37.2. The number of ether oxygens (including phenoxy) is 1. The lowest BCUT2D eigenvalue weighted by atomic mass is 10.0. The molecule has 0 aromatic heterocycles. The predicted molar refractivity (Wildman–Crippen MR) is 362 cm³/mol. The Morgan fingerprint density at radius 1 is 0.429 bits per heavy atom. The van der Waals surface area contributed by atoms with E-state index in [1.807, 2.05) is 33.3 Å². The number of phosphoric acid groups is 1. The van der Waals surface area contributed by atoms with Crippen molar-refractivity contribution in [1.29, 1.82) is 0 Å². The van der Waals surface area contributed by atoms with Crippen LogP contribution in [0.3, 0.4) is 0 Å². The van der Waals surface area contributed by atoms with E-state index in [1.54, 1.807) is 0 Å². The molecule has 0 radical (unpaired) electrons. The lowest BCUT2D eigenvalue weighted by molar-refractivity contribution is -0.870. The van der Waals surface area contributed by atoms with E-state index < -0.39 is 20.0 Å². The van der Waals surface area contributed by atoms with Gasteiger partial charge < -0.3 is 28.5 Å². The second-order valence-corrected chi connectivity index (χ2v) is 26.8. The minimum Gasteiger partial charge on any atom is -0.756 e. The number of allylic oxidation sites excluding steroid dienone is 11. The molecule has 0 spiro atoms. The van der Waals surface area contributed by atoms with E-state index in [4.69, 9.17) is 13.8 Å². The van der Waals surface area contributed by atoms with Crippen molar-refractivity contribution >= 4 is 19.7 Å². The molecule has 0 aliphatic carbocycles. The molecular weight excluding hydrogens is 1060 g/mol. The Balaban J connectivity index is 5.03. The van der Waals surface area contributed by atoms with Crippen LogP contribution in [0, 0.1) is 0 Å². The van der Waals surface area contributed by atoms with E-state index in [2.05, 4.69) is 86.8 Å². The molecule has 10 heteroatoms. The Labute approximate surface area is 521 Å². The van der Waals surface area contributed by atoms with Crippen molar-refractivity contribution in [2.24, 2.45) is 0 Å². The summed E-state index contributed by atoms with van der Waals surface area (Å²) in [6.45, 7) is 6.77. The van der Waals surface area contributed by atoms with Crippen molar-refractivity contribution < 1.29 is 37.3 Å². The number of rotatable bonds is 65. The van der Waals surface area contributed by atoms with E-state index in [-0.39, 0.29) is 31.5 Å². The van der Waals surface area contributed by atoms with Crippen LogP contribution in [0.25, 0.3) is 0 Å². The van der Waals surface area contributed by atoms with E-state index >= 15 is 0 Å². The van der Waals surface area contributed by atoms with Gasteiger partial charge >= 0.3 is 5.97 Å². The average molecular weight is 1200 g/mol. The van der Waals surface area contributed by atoms with Crippen LogP contribution in [0.5, 0.6) is 0 Å². The molecule has 0 aromatic rings. The maximum atomic E-state index is 13.6. The lowest BCUT2D eigenvalue weighted by Crippen LogP contribution is -2.47. The zero-order valence-electron chi connectivity index (χ0n) is 56.1. The highest BCUT2D eigenvalue weighted by Crippen LogP contribution is 2.38. The van der Waals surface area contributed by atoms with Gasteiger partial charge in [0.15, 0.2) is 0 Å². The summed E-state index contributed by atoms with van der Waals surface area (Å²) in [7, 11) is 1.19. The summed E-state index contributed by atoms with van der Waals surface area (Å²) < 4.78 is 30.5. The first kappa shape index (κ1) is 81.5. The zero-order chi connectivity index (χ0) is 61.4. The van der Waals surface area contributed by atoms with Crippen LogP contribution in [0.15, 0.2) is 72.9 Å². The predicted octanol–water partition coefficient (Wildman–Crippen LogP) is 22.1. The molecule has 0 aromatic carbocycles. The van der Waals surface area contributed by atoms with Gasteiger partial charge in [0.2, 0.25) is 5.91 Å². The third-order valence-corrected chi connectivity index (χ3v) is 16.9. The molecule has 1 N–H and O–H groups in total. The number of amides is 1. The maximum absolute atomic E-state index is 13.6. The molecule has 0 fully saturated rings. The average Bonchev–Trinajstić information content (AvgIpc) is 3.64. The first-order valence-electron chi connectivity index (χ1n) is 35.7. The van der Waals surface area contributed by atoms with Crippen LogP contribution in [0.1, 0.15) is 335 Å². The Morgan fingerprint density at radius 2 is 0.762 bits per heavy atom. The molecule has 0 bridgehead atoms. The fraction of sp³-hybridized carbons (Fsp3) is 0.811. The Kier molecular flexibility index (Phi) is 61.5. The van der Waals surface area contributed by atoms with Crippen LogP contribution in [-0.4, -0.2) is 69.4 Å². The largest absolute Gasteiger partial charge is 0.756 e. The number of phosphoric ester groups is 1. The number of carbonyl (C=O) groups is 2. The fourth-order valence-electron chi connectivity index (χ4n) is 10.4. The number of nitrogens with one attached hydrogen (secondary N) is 1. The van der Waals surface area contributed by atoms with Gasteiger partial charge in [-0.05, 0) is 76.7 Å². The second kappa shape index (κ2) is 63.5. The quantitative estimate of drug-likeness (QED) is 0.0212. The summed E-state index contributed by atoms with van der Waals surface area (Å²) in [5, 5.41) is 3.05. The zero-order valence-corrected chi connectivity index (χ0v) is 57.0. The molecule has 0 heterocycles. The maximum Gasteiger partial charge on any atom is 0.306 e. The van der Waals surface area contributed by atoms with Crippen LogP contribution in [-0.2, 0) is 27.9 Å². The summed E-state index contributed by atoms with van der Waals surface area (Å²) in [5.74, 6) is -0.531. The molecular formula is C74H137N2O7P. The van der Waals surface area contributed by atoms with E-state index in [1.165, 1.54) is 205 Å². The monoisotopic (exact) mass is 1200 g/mol. The number of likely N-dealkylation sites (N-methyl/N-ethyl adjacent to an activating group) is 1. The molecule has 9 nitrogen and oxygen atoms in total. The molecule has 3 atom stereocenters. The molecule has 0 saturated carbocycles. The summed E-state index contributed by atoms with van der Waals surface area (Å²) in [5.41, 5.74) is 0. The Bertz CT molecular complexity index is 1670. The fourth-order valence-corrected chi connectivity index (χ4v) is 11.2. The van der Waals surface area contributed by atoms with Gasteiger partial charge in [-0.15, -0.1) is 0 Å². The summed E-state index contributed by atoms with van der Waals surface area (Å²) in [6.07, 6.45) is 83.1. The molecule has 0 aliphatic rings. The molecule has 0 aliphatic heterocycles. The molecule has 1 amide bonds. The standard InChI is InChI=1S/C74H137N2O7P/c1-7-10-13-16-19-22-25-28-30-32-34-35-36-37-38-39-40-41-43-44-46-48-51-54-57-60-63-66-73(77)75-71(70-82-84(79,80)81-69-68-76(4,5)6)72(65-62-59-56-53-50-27-24-21-18-15-12-9-3)83-74(78)67-64-61-58-55-52-49-47-45-42-33-31-29-26-23-20-17-14-11-8-2/h10,13,19,22,28,30,34-35,37-38,62,65,71-72H,7-9,11-12,14-18,20-21,23-27,29,31-33,36,39-61,63-64,66-70H2,1-6H3,(H-,75,77,79,80)/b13-10-,22-19-,30-28-,35-34-,38-37-,65-62-. The van der Waals surface area contributed by atoms with Crippen molar-refractivity contribution in [3.05, 3.63) is 72.9 Å². The van der Waals surface area contributed by atoms with Crippen LogP contribution >= 0.6 is 7.82 Å². The second-order valence-electron chi connectivity index (χ2n) is 25.4. The normalized spacial score (nSPS) is 13.9. The van der Waals surface area contributed by atoms with Gasteiger partial charge in [-0.1, -0.05) is 319 Å². The molecule has 490 valence electrons. The minimum atomic E-state index is -4.71. The van der Waals surface area contributed by atoms with E-state index in [9.17, 15) is 19.0 Å². The molecule has 3 unspecified atom stereocenters. The van der Waals surface area contributed by atoms with Crippen molar-refractivity contribution in [2.45, 2.75) is 348 Å². The number of hydrogen-bond acceptors (Lipinski definition) is 7. The number of unbranched alkanes of at least 4 members (excludes halogenated alkanes) is 39. The van der Waals surface area contributed by atoms with Crippen LogP contribution < -0.4 is 10.2 Å².